The fourth-order valence-corrected chi connectivity index (χ4v) is 1.78. The van der Waals surface area contributed by atoms with Crippen molar-refractivity contribution in [3.05, 3.63) is 35.5 Å². The Kier molecular flexibility index (Phi) is 3.30. The molecule has 1 atom stereocenters. The molecule has 0 saturated heterocycles. The Bertz CT molecular complexity index is 496. The second-order valence-corrected chi connectivity index (χ2v) is 4.41. The number of anilines is 1. The van der Waals surface area contributed by atoms with Crippen LogP contribution in [0.2, 0.25) is 5.02 Å². The van der Waals surface area contributed by atoms with Crippen molar-refractivity contribution in [1.82, 2.24) is 4.98 Å². The van der Waals surface area contributed by atoms with Crippen molar-refractivity contribution in [1.29, 1.82) is 0 Å². The van der Waals surface area contributed by atoms with Crippen LogP contribution in [-0.2, 0) is 0 Å². The van der Waals surface area contributed by atoms with E-state index in [9.17, 15) is 0 Å². The normalized spacial score (nSPS) is 12.7. The van der Waals surface area contributed by atoms with Crippen molar-refractivity contribution in [2.75, 3.05) is 5.32 Å². The maximum Gasteiger partial charge on any atom is 0.0737 e. The van der Waals surface area contributed by atoms with Crippen LogP contribution >= 0.6 is 11.6 Å². The van der Waals surface area contributed by atoms with Crippen LogP contribution < -0.4 is 5.32 Å². The van der Waals surface area contributed by atoms with Gasteiger partial charge in [0.2, 0.25) is 0 Å². The lowest BCUT2D eigenvalue weighted by Gasteiger charge is -2.14. The van der Waals surface area contributed by atoms with Crippen molar-refractivity contribution in [2.45, 2.75) is 26.3 Å². The molecule has 84 valence electrons. The summed E-state index contributed by atoms with van der Waals surface area (Å²) < 4.78 is 0. The Morgan fingerprint density at radius 1 is 1.38 bits per heavy atom. The molecule has 0 radical (unpaired) electrons. The van der Waals surface area contributed by atoms with Gasteiger partial charge in [0.25, 0.3) is 0 Å². The van der Waals surface area contributed by atoms with E-state index >= 15 is 0 Å². The van der Waals surface area contributed by atoms with Crippen LogP contribution in [0, 0.1) is 0 Å². The van der Waals surface area contributed by atoms with E-state index in [-0.39, 0.29) is 0 Å². The predicted octanol–water partition coefficient (Wildman–Crippen LogP) is 4.10. The summed E-state index contributed by atoms with van der Waals surface area (Å²) in [7, 11) is 0. The first-order chi connectivity index (χ1) is 7.70. The summed E-state index contributed by atoms with van der Waals surface area (Å²) >= 11 is 5.94. The van der Waals surface area contributed by atoms with E-state index in [2.05, 4.69) is 24.1 Å². The SMILES string of the molecule is CCC(C)Nc1ccnc2cc(Cl)ccc12. The minimum absolute atomic E-state index is 0.460. The van der Waals surface area contributed by atoms with Crippen molar-refractivity contribution in [3.63, 3.8) is 0 Å². The molecule has 0 aliphatic rings. The van der Waals surface area contributed by atoms with Crippen LogP contribution in [-0.4, -0.2) is 11.0 Å². The fraction of sp³-hybridized carbons (Fsp3) is 0.308. The van der Waals surface area contributed by atoms with E-state index in [0.29, 0.717) is 6.04 Å². The van der Waals surface area contributed by atoms with Crippen LogP contribution in [0.3, 0.4) is 0 Å². The number of nitrogens with zero attached hydrogens (tertiary/aromatic N) is 1. The molecule has 1 N–H and O–H groups in total. The van der Waals surface area contributed by atoms with Gasteiger partial charge < -0.3 is 5.32 Å². The molecule has 0 aliphatic carbocycles. The van der Waals surface area contributed by atoms with Crippen LogP contribution in [0.25, 0.3) is 10.9 Å². The number of nitrogens with one attached hydrogen (secondary N) is 1. The van der Waals surface area contributed by atoms with Gasteiger partial charge in [0.15, 0.2) is 0 Å². The molecule has 1 heterocycles. The van der Waals surface area contributed by atoms with Gasteiger partial charge in [-0.05, 0) is 37.6 Å². The molecule has 2 rings (SSSR count). The van der Waals surface area contributed by atoms with E-state index in [0.717, 1.165) is 28.0 Å². The topological polar surface area (TPSA) is 24.9 Å². The standard InChI is InChI=1S/C13H15ClN2/c1-3-9(2)16-12-6-7-15-13-8-10(14)4-5-11(12)13/h4-9H,3H2,1-2H3,(H,15,16). The Labute approximate surface area is 101 Å². The van der Waals surface area contributed by atoms with Crippen LogP contribution in [0.1, 0.15) is 20.3 Å². The number of fused-ring (bicyclic) bond motifs is 1. The van der Waals surface area contributed by atoms with Gasteiger partial charge in [-0.3, -0.25) is 4.98 Å². The third-order valence-corrected chi connectivity index (χ3v) is 2.95. The first kappa shape index (κ1) is 11.2. The minimum atomic E-state index is 0.460. The van der Waals surface area contributed by atoms with Crippen LogP contribution in [0.15, 0.2) is 30.5 Å². The van der Waals surface area contributed by atoms with Gasteiger partial charge in [0.1, 0.15) is 0 Å². The van der Waals surface area contributed by atoms with Crippen LogP contribution in [0.5, 0.6) is 0 Å². The van der Waals surface area contributed by atoms with Gasteiger partial charge in [0, 0.05) is 28.3 Å². The monoisotopic (exact) mass is 234 g/mol. The third-order valence-electron chi connectivity index (χ3n) is 2.72. The summed E-state index contributed by atoms with van der Waals surface area (Å²) in [5.74, 6) is 0. The Morgan fingerprint density at radius 3 is 2.94 bits per heavy atom. The van der Waals surface area contributed by atoms with E-state index < -0.39 is 0 Å². The van der Waals surface area contributed by atoms with Crippen molar-refractivity contribution in [3.8, 4) is 0 Å². The van der Waals surface area contributed by atoms with Crippen LogP contribution in [0.4, 0.5) is 5.69 Å². The molecule has 3 heteroatoms. The first-order valence-electron chi connectivity index (χ1n) is 5.51. The lowest BCUT2D eigenvalue weighted by molar-refractivity contribution is 0.765. The number of hydrogen-bond donors (Lipinski definition) is 1. The Balaban J connectivity index is 2.45. The number of pyridine rings is 1. The smallest absolute Gasteiger partial charge is 0.0737 e. The summed E-state index contributed by atoms with van der Waals surface area (Å²) in [4.78, 5) is 4.31. The van der Waals surface area contributed by atoms with Gasteiger partial charge in [-0.2, -0.15) is 0 Å². The number of halogens is 1. The number of aromatic nitrogens is 1. The molecule has 1 unspecified atom stereocenters. The molecule has 0 fully saturated rings. The summed E-state index contributed by atoms with van der Waals surface area (Å²) in [6, 6.07) is 8.25. The maximum atomic E-state index is 5.94. The van der Waals surface area contributed by atoms with E-state index in [4.69, 9.17) is 11.6 Å². The lowest BCUT2D eigenvalue weighted by atomic mass is 10.1. The average molecular weight is 235 g/mol. The highest BCUT2D eigenvalue weighted by molar-refractivity contribution is 6.31. The van der Waals surface area contributed by atoms with E-state index in [1.807, 2.05) is 30.5 Å². The minimum Gasteiger partial charge on any atom is -0.382 e. The molecule has 1 aromatic carbocycles. The third kappa shape index (κ3) is 2.27. The quantitative estimate of drug-likeness (QED) is 0.865. The molecule has 0 saturated carbocycles. The number of hydrogen-bond acceptors (Lipinski definition) is 2. The summed E-state index contributed by atoms with van der Waals surface area (Å²) in [5, 5.41) is 5.31. The summed E-state index contributed by atoms with van der Waals surface area (Å²) in [5.41, 5.74) is 2.05. The molecular formula is C13H15ClN2. The second kappa shape index (κ2) is 4.71. The highest BCUT2D eigenvalue weighted by Crippen LogP contribution is 2.24. The molecular weight excluding hydrogens is 220 g/mol. The molecule has 2 aromatic rings. The Morgan fingerprint density at radius 2 is 2.19 bits per heavy atom. The lowest BCUT2D eigenvalue weighted by Crippen LogP contribution is -2.13. The molecule has 0 amide bonds. The van der Waals surface area contributed by atoms with E-state index in [1.54, 1.807) is 0 Å². The first-order valence-corrected chi connectivity index (χ1v) is 5.89. The molecule has 0 bridgehead atoms. The van der Waals surface area contributed by atoms with Crippen molar-refractivity contribution < 1.29 is 0 Å². The van der Waals surface area contributed by atoms with Crippen molar-refractivity contribution >= 4 is 28.2 Å². The number of benzene rings is 1. The van der Waals surface area contributed by atoms with Gasteiger partial charge >= 0.3 is 0 Å². The fourth-order valence-electron chi connectivity index (χ4n) is 1.61. The predicted molar refractivity (Wildman–Crippen MR) is 70.1 cm³/mol. The van der Waals surface area contributed by atoms with Gasteiger partial charge in [-0.25, -0.2) is 0 Å². The van der Waals surface area contributed by atoms with E-state index in [1.165, 1.54) is 0 Å². The molecule has 16 heavy (non-hydrogen) atoms. The highest BCUT2D eigenvalue weighted by Gasteiger charge is 2.04. The molecule has 0 spiro atoms. The zero-order chi connectivity index (χ0) is 11.5. The summed E-state index contributed by atoms with van der Waals surface area (Å²) in [6.45, 7) is 4.33. The number of rotatable bonds is 3. The maximum absolute atomic E-state index is 5.94. The second-order valence-electron chi connectivity index (χ2n) is 3.97. The van der Waals surface area contributed by atoms with Gasteiger partial charge in [-0.1, -0.05) is 18.5 Å². The van der Waals surface area contributed by atoms with Crippen molar-refractivity contribution in [2.24, 2.45) is 0 Å². The largest absolute Gasteiger partial charge is 0.382 e. The molecule has 1 aromatic heterocycles. The van der Waals surface area contributed by atoms with Gasteiger partial charge in [0.05, 0.1) is 5.52 Å². The Hall–Kier alpha value is -1.28. The molecule has 2 nitrogen and oxygen atoms in total. The zero-order valence-corrected chi connectivity index (χ0v) is 10.3. The average Bonchev–Trinajstić information content (AvgIpc) is 2.28. The summed E-state index contributed by atoms with van der Waals surface area (Å²) in [6.07, 6.45) is 2.90. The van der Waals surface area contributed by atoms with Gasteiger partial charge in [-0.15, -0.1) is 0 Å². The highest BCUT2D eigenvalue weighted by atomic mass is 35.5. The zero-order valence-electron chi connectivity index (χ0n) is 9.50. The molecule has 0 aliphatic heterocycles.